The molecule has 1 aromatic carbocycles. The number of hydrogen-bond acceptors (Lipinski definition) is 4. The topological polar surface area (TPSA) is 72.1 Å². The lowest BCUT2D eigenvalue weighted by Gasteiger charge is -2.22. The van der Waals surface area contributed by atoms with E-state index in [4.69, 9.17) is 15.2 Å². The number of nitrogens with one attached hydrogen (secondary N) is 1. The van der Waals surface area contributed by atoms with Crippen LogP contribution in [0.5, 0.6) is 5.75 Å². The van der Waals surface area contributed by atoms with Crippen LogP contribution in [0.15, 0.2) is 29.3 Å². The number of likely N-dealkylation sites (tertiary alicyclic amines) is 1. The van der Waals surface area contributed by atoms with E-state index in [1.807, 2.05) is 24.3 Å². The highest BCUT2D eigenvalue weighted by Crippen LogP contribution is 2.22. The number of para-hydroxylation sites is 2. The number of methoxy groups -OCH3 is 2. The van der Waals surface area contributed by atoms with Gasteiger partial charge in [0.1, 0.15) is 5.75 Å². The van der Waals surface area contributed by atoms with Crippen LogP contribution in [0, 0.1) is 0 Å². The fourth-order valence-corrected chi connectivity index (χ4v) is 2.73. The molecule has 2 rings (SSSR count). The first-order valence-corrected chi connectivity index (χ1v) is 7.67. The Bertz CT molecular complexity index is 499. The quantitative estimate of drug-likeness (QED) is 0.391. The molecule has 1 heterocycles. The lowest BCUT2D eigenvalue weighted by Crippen LogP contribution is -2.35. The highest BCUT2D eigenvalue weighted by atomic mass is 127. The largest absolute Gasteiger partial charge is 0.495 e. The number of anilines is 1. The molecule has 1 atom stereocenters. The fourth-order valence-electron chi connectivity index (χ4n) is 2.73. The Morgan fingerprint density at radius 1 is 1.39 bits per heavy atom. The van der Waals surface area contributed by atoms with E-state index in [2.05, 4.69) is 15.2 Å². The van der Waals surface area contributed by atoms with Crippen molar-refractivity contribution < 1.29 is 9.47 Å². The molecule has 1 aliphatic heterocycles. The van der Waals surface area contributed by atoms with E-state index in [1.54, 1.807) is 14.2 Å². The van der Waals surface area contributed by atoms with Crippen LogP contribution in [-0.4, -0.2) is 57.4 Å². The van der Waals surface area contributed by atoms with Gasteiger partial charge < -0.3 is 20.5 Å². The number of guanidine groups is 1. The van der Waals surface area contributed by atoms with Crippen LogP contribution in [0.1, 0.15) is 12.8 Å². The predicted molar refractivity (Wildman–Crippen MR) is 105 cm³/mol. The minimum absolute atomic E-state index is 0. The molecule has 0 amide bonds. The van der Waals surface area contributed by atoms with Crippen LogP contribution in [-0.2, 0) is 4.74 Å². The Kier molecular flexibility index (Phi) is 9.27. The molecule has 1 aromatic rings. The number of benzene rings is 1. The van der Waals surface area contributed by atoms with Crippen LogP contribution < -0.4 is 15.8 Å². The zero-order valence-electron chi connectivity index (χ0n) is 13.8. The van der Waals surface area contributed by atoms with Crippen molar-refractivity contribution in [2.75, 3.05) is 45.8 Å². The molecular weight excluding hydrogens is 407 g/mol. The van der Waals surface area contributed by atoms with Crippen molar-refractivity contribution >= 4 is 35.6 Å². The summed E-state index contributed by atoms with van der Waals surface area (Å²) in [6, 6.07) is 8.11. The number of halogens is 1. The summed E-state index contributed by atoms with van der Waals surface area (Å²) < 4.78 is 10.4. The maximum Gasteiger partial charge on any atom is 0.193 e. The maximum atomic E-state index is 5.99. The molecule has 23 heavy (non-hydrogen) atoms. The number of hydrogen-bond donors (Lipinski definition) is 2. The highest BCUT2D eigenvalue weighted by Gasteiger charge is 2.23. The van der Waals surface area contributed by atoms with Gasteiger partial charge in [-0.05, 0) is 31.5 Å². The maximum absolute atomic E-state index is 5.99. The number of nitrogens with zero attached hydrogens (tertiary/aromatic N) is 2. The van der Waals surface area contributed by atoms with Crippen molar-refractivity contribution in [1.82, 2.24) is 4.90 Å². The van der Waals surface area contributed by atoms with Crippen LogP contribution in [0.2, 0.25) is 0 Å². The Hall–Kier alpha value is -1.06. The van der Waals surface area contributed by atoms with Gasteiger partial charge in [-0.3, -0.25) is 9.89 Å². The second kappa shape index (κ2) is 10.7. The van der Waals surface area contributed by atoms with Crippen LogP contribution in [0.3, 0.4) is 0 Å². The molecule has 7 heteroatoms. The molecule has 1 fully saturated rings. The van der Waals surface area contributed by atoms with Crippen molar-refractivity contribution in [3.63, 3.8) is 0 Å². The van der Waals surface area contributed by atoms with E-state index >= 15 is 0 Å². The number of rotatable bonds is 7. The third-order valence-electron chi connectivity index (χ3n) is 3.92. The van der Waals surface area contributed by atoms with E-state index in [0.717, 1.165) is 37.6 Å². The average molecular weight is 434 g/mol. The van der Waals surface area contributed by atoms with Gasteiger partial charge in [0.15, 0.2) is 5.96 Å². The molecule has 6 nitrogen and oxygen atoms in total. The third-order valence-corrected chi connectivity index (χ3v) is 3.92. The van der Waals surface area contributed by atoms with Gasteiger partial charge in [-0.1, -0.05) is 12.1 Å². The first-order valence-electron chi connectivity index (χ1n) is 7.67. The standard InChI is InChI=1S/C16H26N4O2.HI/c1-21-11-10-20-9-5-6-13(20)12-18-16(17)19-14-7-3-4-8-15(14)22-2;/h3-4,7-8,13H,5-6,9-12H2,1-2H3,(H3,17,18,19);1H. The minimum atomic E-state index is 0. The molecule has 3 N–H and O–H groups in total. The van der Waals surface area contributed by atoms with E-state index in [1.165, 1.54) is 6.42 Å². The molecule has 0 aliphatic carbocycles. The van der Waals surface area contributed by atoms with Gasteiger partial charge in [0, 0.05) is 19.7 Å². The summed E-state index contributed by atoms with van der Waals surface area (Å²) in [4.78, 5) is 6.90. The summed E-state index contributed by atoms with van der Waals surface area (Å²) in [6.07, 6.45) is 2.37. The molecule has 0 spiro atoms. The first kappa shape index (κ1) is 20.0. The zero-order valence-corrected chi connectivity index (χ0v) is 16.2. The number of nitrogens with two attached hydrogens (primary N) is 1. The Morgan fingerprint density at radius 3 is 2.91 bits per heavy atom. The number of ether oxygens (including phenoxy) is 2. The normalized spacial score (nSPS) is 18.5. The predicted octanol–water partition coefficient (Wildman–Crippen LogP) is 2.15. The van der Waals surface area contributed by atoms with Gasteiger partial charge in [-0.15, -0.1) is 24.0 Å². The van der Waals surface area contributed by atoms with Gasteiger partial charge in [-0.2, -0.15) is 0 Å². The Labute approximate surface area is 155 Å². The second-order valence-electron chi connectivity index (χ2n) is 5.38. The molecule has 0 bridgehead atoms. The van der Waals surface area contributed by atoms with Gasteiger partial charge in [0.05, 0.1) is 25.9 Å². The van der Waals surface area contributed by atoms with Crippen molar-refractivity contribution in [1.29, 1.82) is 0 Å². The summed E-state index contributed by atoms with van der Waals surface area (Å²) in [5.41, 5.74) is 6.82. The van der Waals surface area contributed by atoms with Gasteiger partial charge in [0.25, 0.3) is 0 Å². The van der Waals surface area contributed by atoms with Crippen molar-refractivity contribution in [2.45, 2.75) is 18.9 Å². The summed E-state index contributed by atoms with van der Waals surface area (Å²) >= 11 is 0. The van der Waals surface area contributed by atoms with Gasteiger partial charge in [-0.25, -0.2) is 0 Å². The van der Waals surface area contributed by atoms with Crippen LogP contribution in [0.4, 0.5) is 5.69 Å². The molecule has 0 radical (unpaired) electrons. The summed E-state index contributed by atoms with van der Waals surface area (Å²) in [5, 5.41) is 3.10. The van der Waals surface area contributed by atoms with Crippen molar-refractivity contribution in [2.24, 2.45) is 10.7 Å². The first-order chi connectivity index (χ1) is 10.7. The molecule has 1 aliphatic rings. The second-order valence-corrected chi connectivity index (χ2v) is 5.38. The lowest BCUT2D eigenvalue weighted by atomic mass is 10.2. The average Bonchev–Trinajstić information content (AvgIpc) is 2.99. The van der Waals surface area contributed by atoms with Crippen molar-refractivity contribution in [3.05, 3.63) is 24.3 Å². The van der Waals surface area contributed by atoms with Crippen molar-refractivity contribution in [3.8, 4) is 5.75 Å². The Balaban J connectivity index is 0.00000264. The third kappa shape index (κ3) is 6.15. The number of aliphatic imine (C=N–C) groups is 1. The van der Waals surface area contributed by atoms with E-state index < -0.39 is 0 Å². The molecule has 130 valence electrons. The van der Waals surface area contributed by atoms with E-state index in [-0.39, 0.29) is 24.0 Å². The smallest absolute Gasteiger partial charge is 0.193 e. The van der Waals surface area contributed by atoms with E-state index in [9.17, 15) is 0 Å². The lowest BCUT2D eigenvalue weighted by molar-refractivity contribution is 0.143. The summed E-state index contributed by atoms with van der Waals surface area (Å²) in [5.74, 6) is 1.17. The molecular formula is C16H27IN4O2. The summed E-state index contributed by atoms with van der Waals surface area (Å²) in [6.45, 7) is 3.53. The monoisotopic (exact) mass is 434 g/mol. The highest BCUT2D eigenvalue weighted by molar-refractivity contribution is 14.0. The molecule has 1 unspecified atom stereocenters. The molecule has 0 aromatic heterocycles. The SMILES string of the molecule is COCCN1CCCC1CN=C(N)Nc1ccccc1OC.I. The molecule has 1 saturated heterocycles. The fraction of sp³-hybridized carbons (Fsp3) is 0.562. The van der Waals surface area contributed by atoms with Gasteiger partial charge >= 0.3 is 0 Å². The van der Waals surface area contributed by atoms with Crippen LogP contribution >= 0.6 is 24.0 Å². The summed E-state index contributed by atoms with van der Waals surface area (Å²) in [7, 11) is 3.37. The minimum Gasteiger partial charge on any atom is -0.495 e. The Morgan fingerprint density at radius 2 is 2.17 bits per heavy atom. The molecule has 0 saturated carbocycles. The zero-order chi connectivity index (χ0) is 15.8. The van der Waals surface area contributed by atoms with E-state index in [0.29, 0.717) is 18.5 Å². The van der Waals surface area contributed by atoms with Crippen LogP contribution in [0.25, 0.3) is 0 Å². The van der Waals surface area contributed by atoms with Gasteiger partial charge in [0.2, 0.25) is 0 Å².